The highest BCUT2D eigenvalue weighted by Crippen LogP contribution is 2.31. The molecule has 1 N–H and O–H groups in total. The molecule has 0 spiro atoms. The fourth-order valence-electron chi connectivity index (χ4n) is 4.12. The normalized spacial score (nSPS) is 14.0. The Bertz CT molecular complexity index is 1340. The van der Waals surface area contributed by atoms with Crippen LogP contribution in [0, 0.1) is 20.8 Å². The van der Waals surface area contributed by atoms with Gasteiger partial charge in [-0.05, 0) is 38.0 Å². The SMILES string of the molecule is Cc1oc2cc3oc(=O)c(CC(=O)N4CCc5nc[nH]c5C4)c(C)c3cc2c1C. The van der Waals surface area contributed by atoms with Gasteiger partial charge in [-0.3, -0.25) is 4.79 Å². The zero-order valence-electron chi connectivity index (χ0n) is 16.6. The summed E-state index contributed by atoms with van der Waals surface area (Å²) in [6.07, 6.45) is 2.39. The number of hydrogen-bond donors (Lipinski definition) is 1. The maximum absolute atomic E-state index is 12.9. The molecule has 1 aromatic carbocycles. The average molecular weight is 391 g/mol. The Morgan fingerprint density at radius 2 is 1.90 bits per heavy atom. The van der Waals surface area contributed by atoms with Crippen LogP contribution in [0.4, 0.5) is 0 Å². The van der Waals surface area contributed by atoms with E-state index >= 15 is 0 Å². The van der Waals surface area contributed by atoms with Gasteiger partial charge in [-0.2, -0.15) is 0 Å². The third kappa shape index (κ3) is 2.76. The molecule has 29 heavy (non-hydrogen) atoms. The highest BCUT2D eigenvalue weighted by atomic mass is 16.4. The first-order valence-corrected chi connectivity index (χ1v) is 9.67. The van der Waals surface area contributed by atoms with E-state index in [1.807, 2.05) is 26.8 Å². The van der Waals surface area contributed by atoms with E-state index in [0.29, 0.717) is 36.2 Å². The van der Waals surface area contributed by atoms with Gasteiger partial charge >= 0.3 is 5.63 Å². The molecule has 5 rings (SSSR count). The van der Waals surface area contributed by atoms with Crippen LogP contribution in [0.15, 0.2) is 32.1 Å². The van der Waals surface area contributed by atoms with Gasteiger partial charge in [0.15, 0.2) is 0 Å². The van der Waals surface area contributed by atoms with Crippen molar-refractivity contribution in [2.24, 2.45) is 0 Å². The zero-order valence-corrected chi connectivity index (χ0v) is 16.6. The minimum Gasteiger partial charge on any atom is -0.461 e. The molecule has 0 fully saturated rings. The van der Waals surface area contributed by atoms with Gasteiger partial charge in [0.25, 0.3) is 0 Å². The maximum Gasteiger partial charge on any atom is 0.340 e. The lowest BCUT2D eigenvalue weighted by molar-refractivity contribution is -0.131. The number of fused-ring (bicyclic) bond motifs is 3. The van der Waals surface area contributed by atoms with Gasteiger partial charge in [0, 0.05) is 29.8 Å². The summed E-state index contributed by atoms with van der Waals surface area (Å²) in [6.45, 7) is 6.88. The molecule has 3 aromatic heterocycles. The summed E-state index contributed by atoms with van der Waals surface area (Å²) < 4.78 is 11.3. The predicted molar refractivity (Wildman–Crippen MR) is 108 cm³/mol. The van der Waals surface area contributed by atoms with Crippen molar-refractivity contribution in [3.63, 3.8) is 0 Å². The summed E-state index contributed by atoms with van der Waals surface area (Å²) in [5.74, 6) is 0.755. The van der Waals surface area contributed by atoms with Crippen molar-refractivity contribution in [2.75, 3.05) is 6.54 Å². The molecule has 0 atom stereocenters. The Kier molecular flexibility index (Phi) is 3.87. The number of imidazole rings is 1. The van der Waals surface area contributed by atoms with Gasteiger partial charge in [-0.15, -0.1) is 0 Å². The van der Waals surface area contributed by atoms with Crippen LogP contribution >= 0.6 is 0 Å². The number of nitrogens with one attached hydrogen (secondary N) is 1. The lowest BCUT2D eigenvalue weighted by atomic mass is 10.0. The van der Waals surface area contributed by atoms with Crippen LogP contribution in [-0.4, -0.2) is 27.3 Å². The van der Waals surface area contributed by atoms with Crippen LogP contribution in [0.25, 0.3) is 21.9 Å². The van der Waals surface area contributed by atoms with Gasteiger partial charge in [-0.1, -0.05) is 0 Å². The van der Waals surface area contributed by atoms with Crippen molar-refractivity contribution < 1.29 is 13.6 Å². The molecule has 4 aromatic rings. The monoisotopic (exact) mass is 391 g/mol. The van der Waals surface area contributed by atoms with Gasteiger partial charge in [0.05, 0.1) is 36.2 Å². The topological polar surface area (TPSA) is 92.3 Å². The Morgan fingerprint density at radius 1 is 1.14 bits per heavy atom. The molecule has 0 aliphatic carbocycles. The van der Waals surface area contributed by atoms with E-state index in [1.165, 1.54) is 0 Å². The van der Waals surface area contributed by atoms with E-state index in [4.69, 9.17) is 8.83 Å². The van der Waals surface area contributed by atoms with Crippen molar-refractivity contribution in [1.29, 1.82) is 0 Å². The number of rotatable bonds is 2. The average Bonchev–Trinajstić information content (AvgIpc) is 3.27. The van der Waals surface area contributed by atoms with Crippen molar-refractivity contribution in [3.8, 4) is 0 Å². The molecule has 0 saturated heterocycles. The van der Waals surface area contributed by atoms with Crippen molar-refractivity contribution in [3.05, 3.63) is 62.7 Å². The molecule has 0 saturated carbocycles. The number of hydrogen-bond acceptors (Lipinski definition) is 5. The lowest BCUT2D eigenvalue weighted by Gasteiger charge is -2.26. The summed E-state index contributed by atoms with van der Waals surface area (Å²) in [5, 5.41) is 1.82. The van der Waals surface area contributed by atoms with E-state index < -0.39 is 5.63 Å². The number of amides is 1. The number of carbonyl (C=O) groups is 1. The summed E-state index contributed by atoms with van der Waals surface area (Å²) in [5.41, 5.74) is 4.92. The minimum atomic E-state index is -0.470. The van der Waals surface area contributed by atoms with Crippen LogP contribution in [-0.2, 0) is 24.2 Å². The van der Waals surface area contributed by atoms with E-state index in [9.17, 15) is 9.59 Å². The molecule has 0 unspecified atom stereocenters. The molecule has 7 heteroatoms. The zero-order chi connectivity index (χ0) is 20.3. The number of aromatic amines is 1. The Hall–Kier alpha value is -3.35. The van der Waals surface area contributed by atoms with Gasteiger partial charge in [0.1, 0.15) is 16.9 Å². The van der Waals surface area contributed by atoms with Gasteiger partial charge in [0.2, 0.25) is 5.91 Å². The van der Waals surface area contributed by atoms with Crippen LogP contribution < -0.4 is 5.63 Å². The summed E-state index contributed by atoms with van der Waals surface area (Å²) >= 11 is 0. The van der Waals surface area contributed by atoms with E-state index in [-0.39, 0.29) is 12.3 Å². The fourth-order valence-corrected chi connectivity index (χ4v) is 4.12. The van der Waals surface area contributed by atoms with Crippen LogP contribution in [0.5, 0.6) is 0 Å². The maximum atomic E-state index is 12.9. The Morgan fingerprint density at radius 3 is 2.72 bits per heavy atom. The second kappa shape index (κ2) is 6.34. The molecule has 1 amide bonds. The van der Waals surface area contributed by atoms with Gasteiger partial charge < -0.3 is 18.7 Å². The first kappa shape index (κ1) is 17.7. The number of H-pyrrole nitrogens is 1. The third-order valence-corrected chi connectivity index (χ3v) is 6.04. The number of nitrogens with zero attached hydrogens (tertiary/aromatic N) is 2. The van der Waals surface area contributed by atoms with Crippen molar-refractivity contribution in [1.82, 2.24) is 14.9 Å². The first-order chi connectivity index (χ1) is 13.9. The summed E-state index contributed by atoms with van der Waals surface area (Å²) in [7, 11) is 0. The molecule has 4 heterocycles. The molecule has 0 radical (unpaired) electrons. The Labute approximate surface area is 166 Å². The molecule has 7 nitrogen and oxygen atoms in total. The third-order valence-electron chi connectivity index (χ3n) is 6.04. The molecule has 1 aliphatic heterocycles. The predicted octanol–water partition coefficient (Wildman–Crippen LogP) is 3.31. The van der Waals surface area contributed by atoms with E-state index in [0.717, 1.165) is 39.0 Å². The smallest absolute Gasteiger partial charge is 0.340 e. The Balaban J connectivity index is 1.53. The molecule has 1 aliphatic rings. The molecule has 0 bridgehead atoms. The highest BCUT2D eigenvalue weighted by molar-refractivity contribution is 5.97. The molecular formula is C22H21N3O4. The lowest BCUT2D eigenvalue weighted by Crippen LogP contribution is -2.37. The van der Waals surface area contributed by atoms with Gasteiger partial charge in [-0.25, -0.2) is 9.78 Å². The number of benzene rings is 1. The minimum absolute atomic E-state index is 0.0228. The quantitative estimate of drug-likeness (QED) is 0.529. The molecular weight excluding hydrogens is 370 g/mol. The number of aryl methyl sites for hydroxylation is 3. The second-order valence-corrected chi connectivity index (χ2v) is 7.69. The van der Waals surface area contributed by atoms with Crippen molar-refractivity contribution in [2.45, 2.75) is 40.2 Å². The van der Waals surface area contributed by atoms with E-state index in [2.05, 4.69) is 9.97 Å². The summed E-state index contributed by atoms with van der Waals surface area (Å²) in [6, 6.07) is 3.75. The number of carbonyl (C=O) groups excluding carboxylic acids is 1. The summed E-state index contributed by atoms with van der Waals surface area (Å²) in [4.78, 5) is 34.7. The highest BCUT2D eigenvalue weighted by Gasteiger charge is 2.24. The second-order valence-electron chi connectivity index (χ2n) is 7.69. The number of aromatic nitrogens is 2. The van der Waals surface area contributed by atoms with E-state index in [1.54, 1.807) is 17.3 Å². The van der Waals surface area contributed by atoms with Crippen LogP contribution in [0.2, 0.25) is 0 Å². The standard InChI is InChI=1S/C22H21N3O4/c1-11-13(3)28-19-8-20-15(6-14(11)19)12(2)16(22(27)29-20)7-21(26)25-5-4-17-18(9-25)24-10-23-17/h6,8,10H,4-5,7,9H2,1-3H3,(H,23,24). The largest absolute Gasteiger partial charge is 0.461 e. The molecule has 148 valence electrons. The van der Waals surface area contributed by atoms with Crippen LogP contribution in [0.1, 0.15) is 33.8 Å². The number of furan rings is 1. The fraction of sp³-hybridized carbons (Fsp3) is 0.318. The van der Waals surface area contributed by atoms with Crippen molar-refractivity contribution >= 4 is 27.8 Å². The first-order valence-electron chi connectivity index (χ1n) is 9.67. The van der Waals surface area contributed by atoms with Crippen LogP contribution in [0.3, 0.4) is 0 Å².